The van der Waals surface area contributed by atoms with Gasteiger partial charge in [0.25, 0.3) is 0 Å². The number of unbranched alkanes of at least 4 members (excludes halogenated alkanes) is 11. The van der Waals surface area contributed by atoms with Gasteiger partial charge in [-0.3, -0.25) is 4.79 Å². The molecule has 0 bridgehead atoms. The molecule has 0 saturated carbocycles. The number of anilines is 1. The molecular weight excluding hydrogens is 604 g/mol. The van der Waals surface area contributed by atoms with E-state index in [1.54, 1.807) is 0 Å². The number of allylic oxidation sites excluding steroid dienone is 1. The predicted molar refractivity (Wildman–Crippen MR) is 179 cm³/mol. The molecule has 0 spiro atoms. The van der Waals surface area contributed by atoms with Gasteiger partial charge in [-0.25, -0.2) is 0 Å². The summed E-state index contributed by atoms with van der Waals surface area (Å²) in [6.07, 6.45) is 18.4. The second-order valence-electron chi connectivity index (χ2n) is 10.7. The minimum absolute atomic E-state index is 0. The maximum atomic E-state index is 12.6. The summed E-state index contributed by atoms with van der Waals surface area (Å²) in [6.45, 7) is 5.97. The van der Waals surface area contributed by atoms with Gasteiger partial charge in [-0.15, -0.1) is 28.7 Å². The molecule has 7 heteroatoms. The second-order valence-corrected chi connectivity index (χ2v) is 12.3. The third kappa shape index (κ3) is 13.8. The minimum atomic E-state index is -0.0570. The number of rotatable bonds is 19. The van der Waals surface area contributed by atoms with Crippen LogP contribution in [0, 0.1) is 0 Å². The lowest BCUT2D eigenvalue weighted by molar-refractivity contribution is -0.115. The van der Waals surface area contributed by atoms with Gasteiger partial charge in [0.1, 0.15) is 5.75 Å². The van der Waals surface area contributed by atoms with Crippen LogP contribution in [0.25, 0.3) is 0 Å². The molecule has 1 aliphatic rings. The summed E-state index contributed by atoms with van der Waals surface area (Å²) >= 11 is 8.32. The molecule has 0 unspecified atom stereocenters. The number of benzene rings is 2. The Bertz CT molecular complexity index is 1030. The van der Waals surface area contributed by atoms with Crippen LogP contribution < -0.4 is 10.1 Å². The Morgan fingerprint density at radius 3 is 2.08 bits per heavy atom. The zero-order valence-electron chi connectivity index (χ0n) is 24.4. The van der Waals surface area contributed by atoms with Crippen molar-refractivity contribution in [1.29, 1.82) is 0 Å². The molecule has 0 atom stereocenters. The van der Waals surface area contributed by atoms with Gasteiger partial charge in [0, 0.05) is 18.4 Å². The van der Waals surface area contributed by atoms with E-state index in [0.29, 0.717) is 17.4 Å². The van der Waals surface area contributed by atoms with E-state index in [-0.39, 0.29) is 29.3 Å². The van der Waals surface area contributed by atoms with Crippen molar-refractivity contribution in [2.24, 2.45) is 0 Å². The van der Waals surface area contributed by atoms with Crippen LogP contribution in [0.3, 0.4) is 0 Å². The van der Waals surface area contributed by atoms with Gasteiger partial charge in [0.2, 0.25) is 5.91 Å². The highest BCUT2D eigenvalue weighted by Gasteiger charge is 2.11. The lowest BCUT2D eigenvalue weighted by atomic mass is 10.1. The lowest BCUT2D eigenvalue weighted by Gasteiger charge is -2.15. The Kier molecular flexibility index (Phi) is 17.5. The summed E-state index contributed by atoms with van der Waals surface area (Å²) in [7, 11) is 0. The van der Waals surface area contributed by atoms with Gasteiger partial charge >= 0.3 is 0 Å². The average molecular weight is 652 g/mol. The Morgan fingerprint density at radius 2 is 1.50 bits per heavy atom. The highest BCUT2D eigenvalue weighted by Crippen LogP contribution is 2.27. The third-order valence-corrected chi connectivity index (χ3v) is 8.38. The van der Waals surface area contributed by atoms with Gasteiger partial charge in [-0.1, -0.05) is 107 Å². The SMILES string of the molecule is Br.CCCCCCCCCCCCCCOc1ccc(CC(=O)Nc2ccc(CN3C=C(C)SC3)cc2)cc1Cl. The normalized spacial score (nSPS) is 12.7. The van der Waals surface area contributed by atoms with Crippen molar-refractivity contribution in [3.8, 4) is 5.75 Å². The summed E-state index contributed by atoms with van der Waals surface area (Å²) in [5, 5.41) is 3.55. The molecule has 1 amide bonds. The number of ether oxygens (including phenoxy) is 1. The highest BCUT2D eigenvalue weighted by molar-refractivity contribution is 8.93. The zero-order chi connectivity index (χ0) is 27.7. The molecular formula is C33H48BrClN2O2S. The van der Waals surface area contributed by atoms with Crippen LogP contribution in [-0.2, 0) is 17.8 Å². The molecule has 1 N–H and O–H groups in total. The van der Waals surface area contributed by atoms with Crippen LogP contribution in [0.1, 0.15) is 102 Å². The van der Waals surface area contributed by atoms with Crippen LogP contribution in [0.5, 0.6) is 5.75 Å². The summed E-state index contributed by atoms with van der Waals surface area (Å²) in [6, 6.07) is 13.7. The smallest absolute Gasteiger partial charge is 0.228 e. The maximum Gasteiger partial charge on any atom is 0.228 e. The fourth-order valence-electron chi connectivity index (χ4n) is 4.82. The number of hydrogen-bond donors (Lipinski definition) is 1. The van der Waals surface area contributed by atoms with E-state index in [1.807, 2.05) is 42.1 Å². The molecule has 3 rings (SSSR count). The standard InChI is InChI=1S/C33H47ClN2O2S.BrH/c1-3-4-5-6-7-8-9-10-11-12-13-14-21-38-32-20-17-29(22-31(32)34)23-33(37)35-30-18-15-28(16-19-30)25-36-24-27(2)39-26-36;/h15-20,22,24H,3-14,21,23,25-26H2,1-2H3,(H,35,37);1H. The summed E-state index contributed by atoms with van der Waals surface area (Å²) in [4.78, 5) is 16.2. The molecule has 222 valence electrons. The predicted octanol–water partition coefficient (Wildman–Crippen LogP) is 10.5. The highest BCUT2D eigenvalue weighted by atomic mass is 79.9. The summed E-state index contributed by atoms with van der Waals surface area (Å²) in [5.74, 6) is 1.63. The molecule has 0 aliphatic carbocycles. The van der Waals surface area contributed by atoms with Gasteiger partial charge in [-0.05, 0) is 53.6 Å². The lowest BCUT2D eigenvalue weighted by Crippen LogP contribution is -2.15. The number of nitrogens with zero attached hydrogens (tertiary/aromatic N) is 1. The number of carbonyl (C=O) groups excluding carboxylic acids is 1. The van der Waals surface area contributed by atoms with E-state index in [0.717, 1.165) is 30.1 Å². The Labute approximate surface area is 262 Å². The fraction of sp³-hybridized carbons (Fsp3) is 0.545. The van der Waals surface area contributed by atoms with Crippen molar-refractivity contribution in [2.75, 3.05) is 17.8 Å². The van der Waals surface area contributed by atoms with Crippen molar-refractivity contribution in [3.05, 3.63) is 69.7 Å². The second kappa shape index (κ2) is 20.3. The molecule has 0 saturated heterocycles. The molecule has 4 nitrogen and oxygen atoms in total. The fourth-order valence-corrected chi connectivity index (χ4v) is 5.84. The van der Waals surface area contributed by atoms with E-state index in [1.165, 1.54) is 81.1 Å². The van der Waals surface area contributed by atoms with E-state index < -0.39 is 0 Å². The molecule has 40 heavy (non-hydrogen) atoms. The van der Waals surface area contributed by atoms with E-state index >= 15 is 0 Å². The molecule has 0 radical (unpaired) electrons. The third-order valence-electron chi connectivity index (χ3n) is 7.06. The number of amides is 1. The van der Waals surface area contributed by atoms with E-state index in [4.69, 9.17) is 16.3 Å². The van der Waals surface area contributed by atoms with Crippen molar-refractivity contribution in [3.63, 3.8) is 0 Å². The topological polar surface area (TPSA) is 41.6 Å². The Hall–Kier alpha value is -1.63. The Balaban J connectivity index is 0.00000560. The average Bonchev–Trinajstić information content (AvgIpc) is 3.33. The van der Waals surface area contributed by atoms with Crippen LogP contribution in [0.15, 0.2) is 53.6 Å². The first-order valence-electron chi connectivity index (χ1n) is 14.9. The van der Waals surface area contributed by atoms with Gasteiger partial charge < -0.3 is 15.0 Å². The van der Waals surface area contributed by atoms with Crippen LogP contribution in [-0.4, -0.2) is 23.3 Å². The molecule has 1 heterocycles. The zero-order valence-corrected chi connectivity index (χ0v) is 27.7. The summed E-state index contributed by atoms with van der Waals surface area (Å²) in [5.41, 5.74) is 2.91. The van der Waals surface area contributed by atoms with Crippen molar-refractivity contribution in [1.82, 2.24) is 4.90 Å². The van der Waals surface area contributed by atoms with E-state index in [2.05, 4.69) is 42.4 Å². The number of halogens is 2. The van der Waals surface area contributed by atoms with Crippen molar-refractivity contribution in [2.45, 2.75) is 104 Å². The van der Waals surface area contributed by atoms with Crippen LogP contribution in [0.2, 0.25) is 5.02 Å². The van der Waals surface area contributed by atoms with Gasteiger partial charge in [0.05, 0.1) is 23.9 Å². The Morgan fingerprint density at radius 1 is 0.900 bits per heavy atom. The molecule has 1 aliphatic heterocycles. The van der Waals surface area contributed by atoms with Crippen LogP contribution >= 0.6 is 40.3 Å². The molecule has 0 fully saturated rings. The molecule has 2 aromatic carbocycles. The van der Waals surface area contributed by atoms with Crippen molar-refractivity contribution < 1.29 is 9.53 Å². The number of hydrogen-bond acceptors (Lipinski definition) is 4. The minimum Gasteiger partial charge on any atom is -0.492 e. The first-order valence-corrected chi connectivity index (χ1v) is 16.2. The van der Waals surface area contributed by atoms with Crippen LogP contribution in [0.4, 0.5) is 5.69 Å². The largest absolute Gasteiger partial charge is 0.492 e. The number of thioether (sulfide) groups is 1. The van der Waals surface area contributed by atoms with E-state index in [9.17, 15) is 4.79 Å². The molecule has 0 aromatic heterocycles. The summed E-state index contributed by atoms with van der Waals surface area (Å²) < 4.78 is 5.91. The first kappa shape index (κ1) is 34.6. The van der Waals surface area contributed by atoms with Gasteiger partial charge in [-0.2, -0.15) is 0 Å². The number of carbonyl (C=O) groups is 1. The molecule has 2 aromatic rings. The number of nitrogens with one attached hydrogen (secondary N) is 1. The monoisotopic (exact) mass is 650 g/mol. The maximum absolute atomic E-state index is 12.6. The van der Waals surface area contributed by atoms with Crippen molar-refractivity contribution >= 4 is 51.9 Å². The quantitative estimate of drug-likeness (QED) is 0.154. The van der Waals surface area contributed by atoms with Gasteiger partial charge in [0.15, 0.2) is 0 Å². The first-order chi connectivity index (χ1) is 19.0.